The van der Waals surface area contributed by atoms with Crippen LogP contribution in [-0.4, -0.2) is 75.1 Å². The molecule has 14 atom stereocenters. The molecule has 1 aromatic rings. The van der Waals surface area contributed by atoms with E-state index >= 15 is 0 Å². The highest BCUT2D eigenvalue weighted by molar-refractivity contribution is 5.25. The van der Waals surface area contributed by atoms with E-state index in [1.165, 1.54) is 6.07 Å². The van der Waals surface area contributed by atoms with Crippen LogP contribution in [0, 0.1) is 34.5 Å². The van der Waals surface area contributed by atoms with Crippen molar-refractivity contribution < 1.29 is 39.4 Å². The predicted molar refractivity (Wildman–Crippen MR) is 139 cm³/mol. The van der Waals surface area contributed by atoms with Crippen LogP contribution in [-0.2, 0) is 9.47 Å². The molecule has 2 heterocycles. The third-order valence-electron chi connectivity index (χ3n) is 11.9. The van der Waals surface area contributed by atoms with E-state index in [4.69, 9.17) is 13.9 Å². The van der Waals surface area contributed by atoms with E-state index in [2.05, 4.69) is 13.8 Å². The lowest BCUT2D eigenvalue weighted by atomic mass is 9.44. The first-order valence-electron chi connectivity index (χ1n) is 14.8. The number of hydrogen-bond donors (Lipinski definition) is 5. The molecule has 0 unspecified atom stereocenters. The van der Waals surface area contributed by atoms with Gasteiger partial charge in [-0.15, -0.1) is 0 Å². The lowest BCUT2D eigenvalue weighted by Crippen LogP contribution is -2.60. The fourth-order valence-electron chi connectivity index (χ4n) is 9.87. The Labute approximate surface area is 229 Å². The van der Waals surface area contributed by atoms with Crippen LogP contribution in [0.4, 0.5) is 0 Å². The molecule has 1 aliphatic heterocycles. The molecule has 6 rings (SSSR count). The Morgan fingerprint density at radius 2 is 1.69 bits per heavy atom. The van der Waals surface area contributed by atoms with Crippen molar-refractivity contribution in [3.8, 4) is 0 Å². The van der Waals surface area contributed by atoms with Gasteiger partial charge in [0.2, 0.25) is 0 Å². The van der Waals surface area contributed by atoms with E-state index < -0.39 is 43.4 Å². The first-order valence-corrected chi connectivity index (χ1v) is 14.8. The first-order chi connectivity index (χ1) is 18.6. The summed E-state index contributed by atoms with van der Waals surface area (Å²) in [6.07, 6.45) is 2.54. The molecule has 9 nitrogen and oxygen atoms in total. The largest absolute Gasteiger partial charge is 0.431 e. The second-order valence-electron chi connectivity index (χ2n) is 13.6. The quantitative estimate of drug-likeness (QED) is 0.356. The first kappa shape index (κ1) is 27.8. The van der Waals surface area contributed by atoms with Crippen molar-refractivity contribution in [3.05, 3.63) is 34.4 Å². The van der Waals surface area contributed by atoms with Gasteiger partial charge >= 0.3 is 5.63 Å². The molecule has 39 heavy (non-hydrogen) atoms. The molecule has 0 spiro atoms. The summed E-state index contributed by atoms with van der Waals surface area (Å²) in [5, 5.41) is 51.5. The summed E-state index contributed by atoms with van der Waals surface area (Å²) >= 11 is 0. The van der Waals surface area contributed by atoms with Crippen molar-refractivity contribution in [3.63, 3.8) is 0 Å². The zero-order chi connectivity index (χ0) is 27.7. The van der Waals surface area contributed by atoms with Gasteiger partial charge in [0, 0.05) is 12.0 Å². The van der Waals surface area contributed by atoms with Crippen molar-refractivity contribution in [2.75, 3.05) is 6.61 Å². The van der Waals surface area contributed by atoms with Crippen molar-refractivity contribution in [1.82, 2.24) is 0 Å². The maximum Gasteiger partial charge on any atom is 0.335 e. The third-order valence-corrected chi connectivity index (χ3v) is 11.9. The summed E-state index contributed by atoms with van der Waals surface area (Å²) in [6, 6.07) is 3.29. The lowest BCUT2D eigenvalue weighted by molar-refractivity contribution is -0.316. The molecule has 1 saturated heterocycles. The molecule has 0 radical (unpaired) electrons. The number of hydrogen-bond acceptors (Lipinski definition) is 9. The predicted octanol–water partition coefficient (Wildman–Crippen LogP) is 1.92. The molecule has 5 N–H and O–H groups in total. The van der Waals surface area contributed by atoms with Gasteiger partial charge in [-0.2, -0.15) is 0 Å². The van der Waals surface area contributed by atoms with E-state index in [1.807, 2.05) is 6.07 Å². The van der Waals surface area contributed by atoms with Crippen LogP contribution in [0.5, 0.6) is 0 Å². The van der Waals surface area contributed by atoms with E-state index in [0.717, 1.165) is 56.9 Å². The van der Waals surface area contributed by atoms with E-state index in [1.54, 1.807) is 6.26 Å². The SMILES string of the molecule is C[C@]12CC[C@H](O[C@@H]3O[C@H](CO)[C@H](O)[C@H](O)[C@H]3O)C[C@H]1CC[C@H]1[C@H]3C[C@H](O)[C@H](c4ccc(=O)oc4)[C@@]3(C)CC[C@@H]12. The average Bonchev–Trinajstić information content (AvgIpc) is 3.19. The van der Waals surface area contributed by atoms with Gasteiger partial charge in [-0.1, -0.05) is 13.8 Å². The number of aliphatic hydroxyl groups is 5. The highest BCUT2D eigenvalue weighted by Gasteiger charge is 2.62. The van der Waals surface area contributed by atoms with Crippen LogP contribution in [0.2, 0.25) is 0 Å². The Morgan fingerprint density at radius 1 is 0.923 bits per heavy atom. The minimum Gasteiger partial charge on any atom is -0.431 e. The topological polar surface area (TPSA) is 150 Å². The van der Waals surface area contributed by atoms with E-state index in [9.17, 15) is 30.3 Å². The molecule has 1 aromatic heterocycles. The van der Waals surface area contributed by atoms with Crippen molar-refractivity contribution >= 4 is 0 Å². The molecule has 4 saturated carbocycles. The van der Waals surface area contributed by atoms with Gasteiger partial charge in [0.05, 0.1) is 25.1 Å². The summed E-state index contributed by atoms with van der Waals surface area (Å²) in [5.41, 5.74) is 0.695. The van der Waals surface area contributed by atoms with Gasteiger partial charge in [0.15, 0.2) is 6.29 Å². The Morgan fingerprint density at radius 3 is 2.41 bits per heavy atom. The van der Waals surface area contributed by atoms with Crippen LogP contribution in [0.1, 0.15) is 76.7 Å². The van der Waals surface area contributed by atoms with Gasteiger partial charge in [-0.25, -0.2) is 4.79 Å². The van der Waals surface area contributed by atoms with Crippen molar-refractivity contribution in [2.24, 2.45) is 34.5 Å². The fourth-order valence-corrected chi connectivity index (χ4v) is 9.87. The minimum atomic E-state index is -1.43. The van der Waals surface area contributed by atoms with Crippen LogP contribution in [0.25, 0.3) is 0 Å². The molecular formula is C30H44O9. The molecule has 5 aliphatic rings. The van der Waals surface area contributed by atoms with E-state index in [-0.39, 0.29) is 28.5 Å². The molecular weight excluding hydrogens is 504 g/mol. The summed E-state index contributed by atoms with van der Waals surface area (Å²) in [4.78, 5) is 11.6. The standard InChI is InChI=1S/C30H44O9/c1-29-9-7-17(38-28-27(36)26(35)25(34)22(13-31)39-28)11-16(29)4-5-18-19(29)8-10-30(2)20(18)12-21(32)24(30)15-3-6-23(33)37-14-15/h3,6,14,16-22,24-28,31-32,34-36H,4-5,7-13H2,1-2H3/t16-,17+,18-,19+,20-,21+,22-,24+,25+,26+,27-,28-,29+,30+/m1/s1. The number of aliphatic hydroxyl groups excluding tert-OH is 5. The molecule has 218 valence electrons. The molecule has 5 fully saturated rings. The maximum atomic E-state index is 11.6. The van der Waals surface area contributed by atoms with Crippen molar-refractivity contribution in [1.29, 1.82) is 0 Å². The molecule has 0 aromatic carbocycles. The second-order valence-corrected chi connectivity index (χ2v) is 13.6. The second kappa shape index (κ2) is 10.2. The Balaban J connectivity index is 1.15. The van der Waals surface area contributed by atoms with Crippen LogP contribution in [0.15, 0.2) is 27.6 Å². The average molecular weight is 549 g/mol. The van der Waals surface area contributed by atoms with E-state index in [0.29, 0.717) is 23.7 Å². The lowest BCUT2D eigenvalue weighted by Gasteiger charge is -2.61. The van der Waals surface area contributed by atoms with Crippen LogP contribution < -0.4 is 5.63 Å². The molecule has 0 amide bonds. The van der Waals surface area contributed by atoms with Gasteiger partial charge in [-0.3, -0.25) is 0 Å². The van der Waals surface area contributed by atoms with Gasteiger partial charge in [-0.05, 0) is 97.5 Å². The zero-order valence-corrected chi connectivity index (χ0v) is 22.9. The number of ether oxygens (including phenoxy) is 2. The highest BCUT2D eigenvalue weighted by Crippen LogP contribution is 2.69. The fraction of sp³-hybridized carbons (Fsp3) is 0.833. The summed E-state index contributed by atoms with van der Waals surface area (Å²) in [6.45, 7) is 4.31. The molecule has 0 bridgehead atoms. The smallest absolute Gasteiger partial charge is 0.335 e. The van der Waals surface area contributed by atoms with Crippen LogP contribution in [0.3, 0.4) is 0 Å². The zero-order valence-electron chi connectivity index (χ0n) is 22.9. The normalized spacial score (nSPS) is 51.6. The summed E-state index contributed by atoms with van der Waals surface area (Å²) in [7, 11) is 0. The minimum absolute atomic E-state index is 0.0268. The summed E-state index contributed by atoms with van der Waals surface area (Å²) in [5.74, 6) is 1.98. The van der Waals surface area contributed by atoms with Gasteiger partial charge in [0.25, 0.3) is 0 Å². The maximum absolute atomic E-state index is 11.6. The number of fused-ring (bicyclic) bond motifs is 5. The van der Waals surface area contributed by atoms with Crippen molar-refractivity contribution in [2.45, 2.75) is 114 Å². The molecule has 9 heteroatoms. The number of rotatable bonds is 4. The van der Waals surface area contributed by atoms with Gasteiger partial charge < -0.3 is 39.4 Å². The highest BCUT2D eigenvalue weighted by atomic mass is 16.7. The summed E-state index contributed by atoms with van der Waals surface area (Å²) < 4.78 is 17.0. The Kier molecular flexibility index (Phi) is 7.27. The van der Waals surface area contributed by atoms with Crippen LogP contribution >= 0.6 is 0 Å². The monoisotopic (exact) mass is 548 g/mol. The third kappa shape index (κ3) is 4.44. The van der Waals surface area contributed by atoms with Gasteiger partial charge in [0.1, 0.15) is 24.4 Å². The Bertz CT molecular complexity index is 1070. The Hall–Kier alpha value is -1.33. The molecule has 4 aliphatic carbocycles.